The molecule has 7 heteroatoms. The van der Waals surface area contributed by atoms with E-state index in [9.17, 15) is 8.42 Å². The summed E-state index contributed by atoms with van der Waals surface area (Å²) in [6, 6.07) is -0.0704. The second kappa shape index (κ2) is 19.6. The maximum Gasteiger partial charge on any atom is 2.00 e. The van der Waals surface area contributed by atoms with Crippen molar-refractivity contribution in [3.05, 3.63) is 106 Å². The Morgan fingerprint density at radius 1 is 0.918 bits per heavy atom. The van der Waals surface area contributed by atoms with Crippen LogP contribution in [0.2, 0.25) is 0 Å². The molecule has 0 aromatic carbocycles. The van der Waals surface area contributed by atoms with E-state index in [1.807, 2.05) is 6.08 Å². The molecule has 0 saturated carbocycles. The van der Waals surface area contributed by atoms with Gasteiger partial charge >= 0.3 is 20.4 Å². The van der Waals surface area contributed by atoms with E-state index < -0.39 is 18.0 Å². The van der Waals surface area contributed by atoms with Crippen LogP contribution in [0.25, 0.3) is 5.73 Å². The van der Waals surface area contributed by atoms with E-state index in [4.69, 9.17) is 10.3 Å². The minimum Gasteiger partial charge on any atom is -0.681 e. The van der Waals surface area contributed by atoms with Crippen LogP contribution in [-0.2, 0) is 30.5 Å². The Hall–Kier alpha value is -1.25. The molecule has 0 aliphatic heterocycles. The van der Waals surface area contributed by atoms with Gasteiger partial charge in [-0.05, 0) is 107 Å². The molecule has 0 bridgehead atoms. The summed E-state index contributed by atoms with van der Waals surface area (Å²) >= 11 is 0. The minimum absolute atomic E-state index is 0. The largest absolute Gasteiger partial charge is 2.00 e. The molecule has 2 unspecified atom stereocenters. The fourth-order valence-corrected chi connectivity index (χ4v) is 12.2. The average Bonchev–Trinajstić information content (AvgIpc) is 2.95. The van der Waals surface area contributed by atoms with E-state index in [1.165, 1.54) is 24.8 Å². The fraction of sp³-hybridized carbons (Fsp3) is 0.595. The van der Waals surface area contributed by atoms with Gasteiger partial charge in [0.05, 0.1) is 21.9 Å². The first-order chi connectivity index (χ1) is 22.0. The monoisotopic (exact) mass is 802 g/mol. The van der Waals surface area contributed by atoms with Crippen molar-refractivity contribution in [2.24, 2.45) is 23.7 Å². The molecule has 2 atom stereocenters. The van der Waals surface area contributed by atoms with Gasteiger partial charge in [0.1, 0.15) is 0 Å². The summed E-state index contributed by atoms with van der Waals surface area (Å²) in [4.78, 5) is 0. The maximum atomic E-state index is 9.19. The minimum atomic E-state index is -3.67. The van der Waals surface area contributed by atoms with Crippen molar-refractivity contribution in [1.29, 1.82) is 0 Å². The predicted octanol–water partition coefficient (Wildman–Crippen LogP) is 12.5. The molecule has 278 valence electrons. The smallest absolute Gasteiger partial charge is 0.681 e. The van der Waals surface area contributed by atoms with Crippen LogP contribution in [0.1, 0.15) is 115 Å². The summed E-state index contributed by atoms with van der Waals surface area (Å²) in [5.41, 5.74) is 17.0. The Bertz CT molecular complexity index is 1450. The van der Waals surface area contributed by atoms with Crippen LogP contribution in [0, 0.1) is 30.1 Å². The third-order valence-corrected chi connectivity index (χ3v) is 13.3. The molecule has 0 spiro atoms. The zero-order valence-corrected chi connectivity index (χ0v) is 36.1. The van der Waals surface area contributed by atoms with E-state index in [1.54, 1.807) is 27.6 Å². The van der Waals surface area contributed by atoms with Gasteiger partial charge in [-0.15, -0.1) is 18.2 Å². The summed E-state index contributed by atoms with van der Waals surface area (Å²) in [7, 11) is -4.43. The molecule has 0 saturated heterocycles. The Morgan fingerprint density at radius 3 is 1.94 bits per heavy atom. The van der Waals surface area contributed by atoms with Crippen LogP contribution in [0.4, 0.5) is 0 Å². The molecule has 4 aliphatic rings. The van der Waals surface area contributed by atoms with Crippen molar-refractivity contribution in [3.8, 4) is 0 Å². The quantitative estimate of drug-likeness (QED) is 0.126. The SMILES string of the molecule is CC(C)C1=CC(C(C)C)=C(C2=C([PH+](C(C)(C)C)C(C)(C)C)C=CCC2)C(C(C)C)C1.CS(=O)(=O)O.[NH-]C1CC=CC=C1C1=CC=CC[CH-]1.[Pd+2]. The second-order valence-electron chi connectivity index (χ2n) is 16.7. The van der Waals surface area contributed by atoms with Crippen molar-refractivity contribution in [2.75, 3.05) is 6.26 Å². The van der Waals surface area contributed by atoms with Gasteiger partial charge < -0.3 is 5.73 Å². The Morgan fingerprint density at radius 2 is 1.49 bits per heavy atom. The molecule has 0 fully saturated rings. The van der Waals surface area contributed by atoms with E-state index in [-0.39, 0.29) is 26.5 Å². The molecule has 4 nitrogen and oxygen atoms in total. The van der Waals surface area contributed by atoms with Crippen LogP contribution in [0.3, 0.4) is 0 Å². The van der Waals surface area contributed by atoms with Gasteiger partial charge in [-0.25, -0.2) is 0 Å². The number of hydrogen-bond donors (Lipinski definition) is 1. The zero-order chi connectivity index (χ0) is 36.6. The van der Waals surface area contributed by atoms with E-state index >= 15 is 0 Å². The van der Waals surface area contributed by atoms with E-state index in [0.717, 1.165) is 18.4 Å². The molecule has 0 amide bonds. The Balaban J connectivity index is 0.000000517. The van der Waals surface area contributed by atoms with Crippen molar-refractivity contribution in [2.45, 2.75) is 132 Å². The number of rotatable bonds is 6. The van der Waals surface area contributed by atoms with Crippen LogP contribution < -0.4 is 0 Å². The summed E-state index contributed by atoms with van der Waals surface area (Å²) in [6.45, 7) is 29.3. The summed E-state index contributed by atoms with van der Waals surface area (Å²) in [5, 5.41) is 2.40. The molecule has 0 aromatic heterocycles. The van der Waals surface area contributed by atoms with Crippen molar-refractivity contribution in [1.82, 2.24) is 0 Å². The van der Waals surface area contributed by atoms with Gasteiger partial charge in [-0.1, -0.05) is 84.3 Å². The van der Waals surface area contributed by atoms with Gasteiger partial charge in [0.2, 0.25) is 0 Å². The molecule has 2 N–H and O–H groups in total. The van der Waals surface area contributed by atoms with Crippen molar-refractivity contribution in [3.63, 3.8) is 0 Å². The first-order valence-corrected chi connectivity index (χ1v) is 21.3. The van der Waals surface area contributed by atoms with Crippen LogP contribution in [0.5, 0.6) is 0 Å². The molecule has 4 rings (SSSR count). The zero-order valence-electron chi connectivity index (χ0n) is 32.7. The van der Waals surface area contributed by atoms with E-state index in [0.29, 0.717) is 40.2 Å². The first kappa shape index (κ1) is 45.8. The van der Waals surface area contributed by atoms with E-state index in [2.05, 4.69) is 138 Å². The normalized spacial score (nSPS) is 21.4. The molecule has 0 heterocycles. The third-order valence-electron chi connectivity index (χ3n) is 9.29. The molecule has 0 aromatic rings. The van der Waals surface area contributed by atoms with Crippen molar-refractivity contribution >= 4 is 18.0 Å². The van der Waals surface area contributed by atoms with Gasteiger partial charge in [0.25, 0.3) is 10.1 Å². The molecule has 0 radical (unpaired) electrons. The number of allylic oxidation sites excluding steroid dienone is 13. The first-order valence-electron chi connectivity index (χ1n) is 18.0. The predicted molar refractivity (Wildman–Crippen MR) is 215 cm³/mol. The summed E-state index contributed by atoms with van der Waals surface area (Å²) < 4.78 is 25.9. The fourth-order valence-electron chi connectivity index (χ4n) is 7.52. The van der Waals surface area contributed by atoms with Crippen LogP contribution in [-0.4, -0.2) is 35.6 Å². The summed E-state index contributed by atoms with van der Waals surface area (Å²) in [6.07, 6.45) is 28.5. The second-order valence-corrected chi connectivity index (χ2v) is 22.5. The molecular formula is C42H67NO3PPdS+. The Kier molecular flexibility index (Phi) is 18.3. The van der Waals surface area contributed by atoms with Gasteiger partial charge in [-0.3, -0.25) is 4.55 Å². The maximum absolute atomic E-state index is 9.19. The van der Waals surface area contributed by atoms with Gasteiger partial charge in [0, 0.05) is 7.92 Å². The van der Waals surface area contributed by atoms with Crippen LogP contribution in [0.15, 0.2) is 93.4 Å². The van der Waals surface area contributed by atoms with Crippen LogP contribution >= 0.6 is 7.92 Å². The Labute approximate surface area is 316 Å². The standard InChI is InChI=1S/C29H49P.C12H13N.CH4O3S.Pd/c1-19(2)22-17-24(20(3)4)27(25(18-22)21(5)6)23-15-13-14-16-26(23)30(28(7,8)9)29(10,11)12;13-12-9-5-4-8-11(12)10-6-2-1-3-7-10;1-5(2,3)4;/h14,16-17,19-21,25H,13,15,18H2,1-12H3;1-2,4-8,12-13H,3,9H2;1H3,(H,2,3,4);/q;-2;;+2/p+1. The average molecular weight is 803 g/mol. The third kappa shape index (κ3) is 14.4. The van der Waals surface area contributed by atoms with Gasteiger partial charge in [-0.2, -0.15) is 38.1 Å². The number of nitrogens with one attached hydrogen (secondary N) is 1. The topological polar surface area (TPSA) is 78.2 Å². The molecule has 4 aliphatic carbocycles. The number of hydrogen-bond acceptors (Lipinski definition) is 2. The van der Waals surface area contributed by atoms with Gasteiger partial charge in [0.15, 0.2) is 0 Å². The molecular weight excluding hydrogens is 736 g/mol. The summed E-state index contributed by atoms with van der Waals surface area (Å²) in [5.74, 6) is 2.56. The van der Waals surface area contributed by atoms with Crippen molar-refractivity contribution < 1.29 is 33.4 Å². The molecule has 49 heavy (non-hydrogen) atoms.